The fourth-order valence-electron chi connectivity index (χ4n) is 3.09. The van der Waals surface area contributed by atoms with Crippen molar-refractivity contribution < 1.29 is 22.3 Å². The maximum Gasteiger partial charge on any atom is 0.243 e. The lowest BCUT2D eigenvalue weighted by molar-refractivity contribution is 0.181. The molecule has 0 aliphatic carbocycles. The minimum atomic E-state index is -3.52. The van der Waals surface area contributed by atoms with Gasteiger partial charge in [0, 0.05) is 32.7 Å². The number of piperazine rings is 1. The van der Waals surface area contributed by atoms with E-state index in [0.717, 1.165) is 5.56 Å². The van der Waals surface area contributed by atoms with Gasteiger partial charge in [0.2, 0.25) is 10.0 Å². The molecule has 0 saturated carbocycles. The maximum atomic E-state index is 13.8. The molecule has 3 rings (SSSR count). The molecule has 1 saturated heterocycles. The monoisotopic (exact) mass is 394 g/mol. The molecule has 146 valence electrons. The molecule has 2 aromatic rings. The molecule has 6 nitrogen and oxygen atoms in total. The summed E-state index contributed by atoms with van der Waals surface area (Å²) in [5.41, 5.74) is 0.833. The Bertz CT molecular complexity index is 879. The van der Waals surface area contributed by atoms with E-state index < -0.39 is 15.8 Å². The van der Waals surface area contributed by atoms with E-state index in [1.807, 2.05) is 6.07 Å². The predicted octanol–water partition coefficient (Wildman–Crippen LogP) is 2.35. The predicted molar refractivity (Wildman–Crippen MR) is 100.0 cm³/mol. The molecule has 1 aliphatic rings. The van der Waals surface area contributed by atoms with Crippen LogP contribution < -0.4 is 9.47 Å². The lowest BCUT2D eigenvalue weighted by atomic mass is 10.2. The lowest BCUT2D eigenvalue weighted by Crippen LogP contribution is -2.48. The van der Waals surface area contributed by atoms with E-state index in [0.29, 0.717) is 38.5 Å². The minimum absolute atomic E-state index is 0.217. The maximum absolute atomic E-state index is 13.8. The highest BCUT2D eigenvalue weighted by Gasteiger charge is 2.28. The molecule has 2 aromatic carbocycles. The normalized spacial score (nSPS) is 16.3. The van der Waals surface area contributed by atoms with Gasteiger partial charge in [0.1, 0.15) is 5.75 Å². The number of nitrogens with zero attached hydrogens (tertiary/aromatic N) is 2. The Morgan fingerprint density at radius 2 is 1.63 bits per heavy atom. The molecule has 1 aliphatic heterocycles. The standard InChI is InChI=1S/C19H23FN2O4S/c1-25-16-4-6-17(7-5-16)27(23,24)22-11-9-21(10-12-22)14-15-3-8-19(26-2)18(20)13-15/h3-8,13H,9-12,14H2,1-2H3. The summed E-state index contributed by atoms with van der Waals surface area (Å²) in [6, 6.07) is 11.3. The van der Waals surface area contributed by atoms with Crippen LogP contribution in [-0.2, 0) is 16.6 Å². The summed E-state index contributed by atoms with van der Waals surface area (Å²) in [4.78, 5) is 2.37. The zero-order valence-corrected chi connectivity index (χ0v) is 16.2. The van der Waals surface area contributed by atoms with Gasteiger partial charge >= 0.3 is 0 Å². The zero-order valence-electron chi connectivity index (χ0n) is 15.4. The van der Waals surface area contributed by atoms with Gasteiger partial charge in [-0.05, 0) is 42.0 Å². The molecule has 1 heterocycles. The average molecular weight is 394 g/mol. The van der Waals surface area contributed by atoms with Gasteiger partial charge in [-0.2, -0.15) is 4.31 Å². The van der Waals surface area contributed by atoms with Crippen molar-refractivity contribution in [1.82, 2.24) is 9.21 Å². The fourth-order valence-corrected chi connectivity index (χ4v) is 4.51. The number of halogens is 1. The first-order valence-corrected chi connectivity index (χ1v) is 10.1. The van der Waals surface area contributed by atoms with Crippen LogP contribution in [0.4, 0.5) is 4.39 Å². The summed E-state index contributed by atoms with van der Waals surface area (Å²) in [5.74, 6) is 0.440. The Balaban J connectivity index is 1.61. The molecule has 0 N–H and O–H groups in total. The number of ether oxygens (including phenoxy) is 2. The number of methoxy groups -OCH3 is 2. The van der Waals surface area contributed by atoms with E-state index >= 15 is 0 Å². The van der Waals surface area contributed by atoms with Crippen LogP contribution in [0.2, 0.25) is 0 Å². The van der Waals surface area contributed by atoms with E-state index in [1.54, 1.807) is 30.3 Å². The average Bonchev–Trinajstić information content (AvgIpc) is 2.68. The number of rotatable bonds is 6. The van der Waals surface area contributed by atoms with Crippen LogP contribution in [0.5, 0.6) is 11.5 Å². The van der Waals surface area contributed by atoms with E-state index in [2.05, 4.69) is 4.90 Å². The second kappa shape index (κ2) is 8.24. The molecular formula is C19H23FN2O4S. The number of benzene rings is 2. The zero-order chi connectivity index (χ0) is 19.4. The molecular weight excluding hydrogens is 371 g/mol. The molecule has 8 heteroatoms. The first-order valence-electron chi connectivity index (χ1n) is 8.63. The second-order valence-corrected chi connectivity index (χ2v) is 8.26. The summed E-state index contributed by atoms with van der Waals surface area (Å²) >= 11 is 0. The summed E-state index contributed by atoms with van der Waals surface area (Å²) in [5, 5.41) is 0. The Kier molecular flexibility index (Phi) is 5.98. The first kappa shape index (κ1) is 19.6. The van der Waals surface area contributed by atoms with Gasteiger partial charge in [-0.3, -0.25) is 4.90 Å². The van der Waals surface area contributed by atoms with Crippen molar-refractivity contribution in [2.75, 3.05) is 40.4 Å². The largest absolute Gasteiger partial charge is 0.497 e. The Morgan fingerprint density at radius 1 is 0.963 bits per heavy atom. The smallest absolute Gasteiger partial charge is 0.243 e. The first-order chi connectivity index (χ1) is 12.9. The highest BCUT2D eigenvalue weighted by Crippen LogP contribution is 2.22. The summed E-state index contributed by atoms with van der Waals surface area (Å²) < 4.78 is 50.9. The van der Waals surface area contributed by atoms with Crippen molar-refractivity contribution >= 4 is 10.0 Å². The van der Waals surface area contributed by atoms with Crippen molar-refractivity contribution in [3.05, 3.63) is 53.8 Å². The summed E-state index contributed by atoms with van der Waals surface area (Å²) in [6.45, 7) is 2.53. The number of hydrogen-bond acceptors (Lipinski definition) is 5. The fraction of sp³-hybridized carbons (Fsp3) is 0.368. The molecule has 27 heavy (non-hydrogen) atoms. The summed E-state index contributed by atoms with van der Waals surface area (Å²) in [6.07, 6.45) is 0. The molecule has 0 radical (unpaired) electrons. The highest BCUT2D eigenvalue weighted by atomic mass is 32.2. The van der Waals surface area contributed by atoms with Crippen LogP contribution in [0.3, 0.4) is 0 Å². The van der Waals surface area contributed by atoms with Crippen molar-refractivity contribution in [2.45, 2.75) is 11.4 Å². The van der Waals surface area contributed by atoms with E-state index in [4.69, 9.17) is 9.47 Å². The van der Waals surface area contributed by atoms with Crippen LogP contribution in [0, 0.1) is 5.82 Å². The molecule has 0 spiro atoms. The lowest BCUT2D eigenvalue weighted by Gasteiger charge is -2.34. The van der Waals surface area contributed by atoms with Crippen molar-refractivity contribution in [3.8, 4) is 11.5 Å². The van der Waals surface area contributed by atoms with Gasteiger partial charge in [-0.1, -0.05) is 6.07 Å². The van der Waals surface area contributed by atoms with Crippen LogP contribution in [0.25, 0.3) is 0 Å². The van der Waals surface area contributed by atoms with Gasteiger partial charge in [-0.15, -0.1) is 0 Å². The van der Waals surface area contributed by atoms with Crippen LogP contribution in [-0.4, -0.2) is 58.0 Å². The Morgan fingerprint density at radius 3 is 2.19 bits per heavy atom. The van der Waals surface area contributed by atoms with Crippen molar-refractivity contribution in [2.24, 2.45) is 0 Å². The van der Waals surface area contributed by atoms with Gasteiger partial charge in [0.15, 0.2) is 11.6 Å². The van der Waals surface area contributed by atoms with E-state index in [-0.39, 0.29) is 10.6 Å². The molecule has 0 bridgehead atoms. The molecule has 1 fully saturated rings. The highest BCUT2D eigenvalue weighted by molar-refractivity contribution is 7.89. The van der Waals surface area contributed by atoms with Crippen molar-refractivity contribution in [3.63, 3.8) is 0 Å². The van der Waals surface area contributed by atoms with Crippen LogP contribution in [0.15, 0.2) is 47.4 Å². The minimum Gasteiger partial charge on any atom is -0.497 e. The second-order valence-electron chi connectivity index (χ2n) is 6.32. The van der Waals surface area contributed by atoms with E-state index in [9.17, 15) is 12.8 Å². The molecule has 0 amide bonds. The molecule has 0 unspecified atom stereocenters. The van der Waals surface area contributed by atoms with Crippen LogP contribution in [0.1, 0.15) is 5.56 Å². The van der Waals surface area contributed by atoms with Gasteiger partial charge < -0.3 is 9.47 Å². The van der Waals surface area contributed by atoms with Gasteiger partial charge in [0.05, 0.1) is 19.1 Å². The number of sulfonamides is 1. The van der Waals surface area contributed by atoms with Gasteiger partial charge in [-0.25, -0.2) is 12.8 Å². The van der Waals surface area contributed by atoms with E-state index in [1.165, 1.54) is 24.6 Å². The third kappa shape index (κ3) is 4.40. The number of hydrogen-bond donors (Lipinski definition) is 0. The summed E-state index contributed by atoms with van der Waals surface area (Å²) in [7, 11) is -0.554. The SMILES string of the molecule is COc1ccc(S(=O)(=O)N2CCN(Cc3ccc(OC)c(F)c3)CC2)cc1. The topological polar surface area (TPSA) is 59.1 Å². The third-order valence-electron chi connectivity index (χ3n) is 4.65. The van der Waals surface area contributed by atoms with Crippen LogP contribution >= 0.6 is 0 Å². The third-order valence-corrected chi connectivity index (χ3v) is 6.56. The van der Waals surface area contributed by atoms with Gasteiger partial charge in [0.25, 0.3) is 0 Å². The molecule has 0 aromatic heterocycles. The molecule has 0 atom stereocenters. The Hall–Kier alpha value is -2.16. The Labute approximate surface area is 159 Å². The van der Waals surface area contributed by atoms with Crippen molar-refractivity contribution in [1.29, 1.82) is 0 Å². The quantitative estimate of drug-likeness (QED) is 0.753.